The van der Waals surface area contributed by atoms with Crippen LogP contribution < -0.4 is 5.73 Å². The van der Waals surface area contributed by atoms with Crippen molar-refractivity contribution in [2.45, 2.75) is 19.4 Å². The van der Waals surface area contributed by atoms with E-state index in [1.54, 1.807) is 13.8 Å². The van der Waals surface area contributed by atoms with Gasteiger partial charge >= 0.3 is 5.97 Å². The molecule has 4 heteroatoms. The van der Waals surface area contributed by atoms with Gasteiger partial charge in [0.2, 0.25) is 0 Å². The highest BCUT2D eigenvalue weighted by molar-refractivity contribution is 5.75. The molecule has 0 aliphatic carbocycles. The summed E-state index contributed by atoms with van der Waals surface area (Å²) in [5.74, 6) is -0.868. The molecule has 0 aromatic heterocycles. The average molecular weight is 121 g/mol. The average Bonchev–Trinajstić information content (AvgIpc) is 1.31. The first-order valence-corrected chi connectivity index (χ1v) is 2.03. The van der Waals surface area contributed by atoms with Gasteiger partial charge in [0.25, 0.3) is 0 Å². The molecule has 0 rings (SSSR count). The van der Waals surface area contributed by atoms with E-state index in [0.717, 1.165) is 0 Å². The molecule has 4 nitrogen and oxygen atoms in total. The molecular weight excluding hydrogens is 110 g/mol. The minimum atomic E-state index is -0.868. The number of hydrogen-bond acceptors (Lipinski definition) is 2. The molecule has 0 aromatic carbocycles. The van der Waals surface area contributed by atoms with Crippen LogP contribution in [0.4, 0.5) is 0 Å². The van der Waals surface area contributed by atoms with E-state index < -0.39 is 11.5 Å². The molecule has 8 heavy (non-hydrogen) atoms. The van der Waals surface area contributed by atoms with Crippen molar-refractivity contribution in [3.05, 3.63) is 0 Å². The van der Waals surface area contributed by atoms with Crippen LogP contribution in [-0.4, -0.2) is 22.1 Å². The lowest BCUT2D eigenvalue weighted by molar-refractivity contribution is -0.450. The SMILES string of the molecule is CC(C)([NH3+])C(=O)O.[OH-]. The van der Waals surface area contributed by atoms with E-state index in [9.17, 15) is 4.79 Å². The van der Waals surface area contributed by atoms with Crippen LogP contribution in [0, 0.1) is 0 Å². The summed E-state index contributed by atoms with van der Waals surface area (Å²) >= 11 is 0. The molecular formula is C4H11NO3. The van der Waals surface area contributed by atoms with Gasteiger partial charge in [0.1, 0.15) is 0 Å². The number of rotatable bonds is 1. The van der Waals surface area contributed by atoms with Crippen LogP contribution in [0.2, 0.25) is 0 Å². The molecule has 5 N–H and O–H groups in total. The van der Waals surface area contributed by atoms with Gasteiger partial charge in [-0.25, -0.2) is 4.79 Å². The highest BCUT2D eigenvalue weighted by Gasteiger charge is 2.24. The zero-order valence-electron chi connectivity index (χ0n) is 5.01. The maximum Gasteiger partial charge on any atom is 0.364 e. The molecule has 0 bridgehead atoms. The number of aliphatic carboxylic acids is 1. The van der Waals surface area contributed by atoms with Crippen molar-refractivity contribution in [1.29, 1.82) is 0 Å². The van der Waals surface area contributed by atoms with E-state index in [2.05, 4.69) is 5.73 Å². The molecule has 0 saturated heterocycles. The lowest BCUT2D eigenvalue weighted by atomic mass is 10.1. The first-order chi connectivity index (χ1) is 2.94. The maximum atomic E-state index is 9.96. The summed E-state index contributed by atoms with van der Waals surface area (Å²) in [4.78, 5) is 9.96. The van der Waals surface area contributed by atoms with Gasteiger partial charge in [-0.1, -0.05) is 0 Å². The number of carboxylic acid groups (broad SMARTS) is 1. The minimum Gasteiger partial charge on any atom is -0.870 e. The molecule has 0 aromatic rings. The van der Waals surface area contributed by atoms with E-state index in [1.807, 2.05) is 0 Å². The molecule has 50 valence electrons. The van der Waals surface area contributed by atoms with Crippen molar-refractivity contribution in [3.8, 4) is 0 Å². The quantitative estimate of drug-likeness (QED) is 0.461. The van der Waals surface area contributed by atoms with Crippen molar-refractivity contribution in [1.82, 2.24) is 0 Å². The predicted molar refractivity (Wildman–Crippen MR) is 26.5 cm³/mol. The highest BCUT2D eigenvalue weighted by Crippen LogP contribution is 1.89. The first-order valence-electron chi connectivity index (χ1n) is 2.03. The zero-order chi connectivity index (χ0) is 6.08. The monoisotopic (exact) mass is 121 g/mol. The van der Waals surface area contributed by atoms with Crippen LogP contribution in [0.5, 0.6) is 0 Å². The first kappa shape index (κ1) is 10.4. The Morgan fingerprint density at radius 2 is 1.75 bits per heavy atom. The molecule has 0 amide bonds. The summed E-state index contributed by atoms with van der Waals surface area (Å²) in [6, 6.07) is 0. The summed E-state index contributed by atoms with van der Waals surface area (Å²) in [6.07, 6.45) is 0. The standard InChI is InChI=1S/C4H9NO2.H2O/c1-4(2,5)3(6)7;/h5H2,1-2H3,(H,6,7);1H2. The van der Waals surface area contributed by atoms with Crippen molar-refractivity contribution >= 4 is 5.97 Å². The third-order valence-electron chi connectivity index (χ3n) is 0.579. The Labute approximate surface area is 47.6 Å². The number of hydrogen-bond donors (Lipinski definition) is 2. The Morgan fingerprint density at radius 3 is 1.75 bits per heavy atom. The highest BCUT2D eigenvalue weighted by atomic mass is 16.4. The lowest BCUT2D eigenvalue weighted by Crippen LogP contribution is -2.73. The van der Waals surface area contributed by atoms with Gasteiger partial charge in [-0.05, 0) is 0 Å². The Kier molecular flexibility index (Phi) is 3.42. The molecule has 0 aliphatic heterocycles. The molecule has 0 saturated carbocycles. The van der Waals surface area contributed by atoms with Gasteiger partial charge in [0, 0.05) is 13.8 Å². The second-order valence-corrected chi connectivity index (χ2v) is 2.19. The van der Waals surface area contributed by atoms with E-state index in [-0.39, 0.29) is 5.48 Å². The number of quaternary nitrogens is 1. The Morgan fingerprint density at radius 1 is 1.62 bits per heavy atom. The van der Waals surface area contributed by atoms with Crippen LogP contribution in [0.25, 0.3) is 0 Å². The molecule has 0 fully saturated rings. The second kappa shape index (κ2) is 2.64. The van der Waals surface area contributed by atoms with Crippen LogP contribution >= 0.6 is 0 Å². The Balaban J connectivity index is 0. The van der Waals surface area contributed by atoms with E-state index in [4.69, 9.17) is 5.11 Å². The molecule has 0 aliphatic rings. The fourth-order valence-electron chi connectivity index (χ4n) is 0. The lowest BCUT2D eigenvalue weighted by Gasteiger charge is -2.04. The van der Waals surface area contributed by atoms with Crippen molar-refractivity contribution in [2.75, 3.05) is 0 Å². The normalized spacial score (nSPS) is 9.88. The molecule has 0 atom stereocenters. The third-order valence-corrected chi connectivity index (χ3v) is 0.579. The van der Waals surface area contributed by atoms with E-state index in [0.29, 0.717) is 0 Å². The minimum absolute atomic E-state index is 0. The molecule has 0 unspecified atom stereocenters. The number of carbonyl (C=O) groups is 1. The summed E-state index contributed by atoms with van der Waals surface area (Å²) in [6.45, 7) is 3.10. The summed E-state index contributed by atoms with van der Waals surface area (Å²) in [7, 11) is 0. The molecule has 0 radical (unpaired) electrons. The van der Waals surface area contributed by atoms with Gasteiger partial charge in [-0.2, -0.15) is 0 Å². The molecule has 0 heterocycles. The fraction of sp³-hybridized carbons (Fsp3) is 0.750. The Hall–Kier alpha value is -0.610. The largest absolute Gasteiger partial charge is 0.870 e. The van der Waals surface area contributed by atoms with Crippen LogP contribution in [0.15, 0.2) is 0 Å². The van der Waals surface area contributed by atoms with Crippen LogP contribution in [0.1, 0.15) is 13.8 Å². The van der Waals surface area contributed by atoms with Crippen LogP contribution in [0.3, 0.4) is 0 Å². The van der Waals surface area contributed by atoms with Crippen molar-refractivity contribution in [2.24, 2.45) is 0 Å². The zero-order valence-corrected chi connectivity index (χ0v) is 5.01. The summed E-state index contributed by atoms with van der Waals surface area (Å²) in [5.41, 5.74) is 2.54. The van der Waals surface area contributed by atoms with Crippen molar-refractivity contribution < 1.29 is 21.1 Å². The van der Waals surface area contributed by atoms with Crippen molar-refractivity contribution in [3.63, 3.8) is 0 Å². The van der Waals surface area contributed by atoms with Gasteiger partial charge in [0.05, 0.1) is 0 Å². The number of carboxylic acids is 1. The van der Waals surface area contributed by atoms with Crippen LogP contribution in [-0.2, 0) is 4.79 Å². The van der Waals surface area contributed by atoms with Gasteiger partial charge in [-0.3, -0.25) is 0 Å². The topological polar surface area (TPSA) is 94.9 Å². The maximum absolute atomic E-state index is 9.96. The van der Waals surface area contributed by atoms with E-state index in [1.165, 1.54) is 0 Å². The third kappa shape index (κ3) is 3.58. The smallest absolute Gasteiger partial charge is 0.364 e. The van der Waals surface area contributed by atoms with Gasteiger partial charge in [-0.15, -0.1) is 0 Å². The van der Waals surface area contributed by atoms with Gasteiger partial charge in [0.15, 0.2) is 5.54 Å². The van der Waals surface area contributed by atoms with E-state index >= 15 is 0 Å². The summed E-state index contributed by atoms with van der Waals surface area (Å²) in [5, 5.41) is 8.19. The fourth-order valence-corrected chi connectivity index (χ4v) is 0. The Bertz CT molecular complexity index is 83.8. The summed E-state index contributed by atoms with van der Waals surface area (Å²) < 4.78 is 0. The van der Waals surface area contributed by atoms with Gasteiger partial charge < -0.3 is 16.3 Å². The predicted octanol–water partition coefficient (Wildman–Crippen LogP) is -1.09. The second-order valence-electron chi connectivity index (χ2n) is 2.19. The molecule has 0 spiro atoms.